The smallest absolute Gasteiger partial charge is 0.376 e. The van der Waals surface area contributed by atoms with Gasteiger partial charge in [0.25, 0.3) is 0 Å². The Morgan fingerprint density at radius 3 is 2.05 bits per heavy atom. The van der Waals surface area contributed by atoms with Crippen LogP contribution in [-0.2, 0) is 18.1 Å². The van der Waals surface area contributed by atoms with Crippen molar-refractivity contribution < 1.29 is 18.1 Å². The third-order valence-corrected chi connectivity index (χ3v) is 7.54. The molecule has 0 saturated heterocycles. The van der Waals surface area contributed by atoms with E-state index in [2.05, 4.69) is 16.8 Å². The van der Waals surface area contributed by atoms with E-state index in [0.29, 0.717) is 6.54 Å². The molecule has 0 heterocycles. The summed E-state index contributed by atoms with van der Waals surface area (Å²) in [7, 11) is 6.01. The number of hydrogen-bond donors (Lipinski definition) is 0. The highest BCUT2D eigenvalue weighted by Gasteiger charge is 2.59. The average molecular weight is 290 g/mol. The Hall–Kier alpha value is -0.563. The first-order valence-electron chi connectivity index (χ1n) is 6.36. The Morgan fingerprint density at radius 1 is 1.21 bits per heavy atom. The summed E-state index contributed by atoms with van der Waals surface area (Å²) in [5, 5.41) is -0.330. The fourth-order valence-electron chi connectivity index (χ4n) is 2.68. The number of rotatable bonds is 10. The second kappa shape index (κ2) is 8.58. The van der Waals surface area contributed by atoms with E-state index in [4.69, 9.17) is 13.3 Å². The zero-order chi connectivity index (χ0) is 14.9. The van der Waals surface area contributed by atoms with Crippen molar-refractivity contribution in [1.82, 2.24) is 4.90 Å². The van der Waals surface area contributed by atoms with Crippen molar-refractivity contribution in [2.45, 2.75) is 31.3 Å². The summed E-state index contributed by atoms with van der Waals surface area (Å²) >= 11 is 0. The molecule has 1 unspecified atom stereocenters. The van der Waals surface area contributed by atoms with Crippen LogP contribution in [0.25, 0.3) is 0 Å². The number of nitrogens with zero attached hydrogens (tertiary/aromatic N) is 2. The second-order valence-corrected chi connectivity index (χ2v) is 7.79. The van der Waals surface area contributed by atoms with Crippen LogP contribution in [0.4, 0.5) is 0 Å². The first-order chi connectivity index (χ1) is 9.00. The van der Waals surface area contributed by atoms with Crippen molar-refractivity contribution in [2.75, 3.05) is 42.0 Å². The lowest BCUT2D eigenvalue weighted by atomic mass is 10.1. The third-order valence-electron chi connectivity index (χ3n) is 3.74. The molecule has 0 rings (SSSR count). The van der Waals surface area contributed by atoms with Gasteiger partial charge in [-0.3, -0.25) is 4.90 Å². The lowest BCUT2D eigenvalue weighted by Crippen LogP contribution is -2.69. The highest BCUT2D eigenvalue weighted by Crippen LogP contribution is 2.35. The average Bonchev–Trinajstić information content (AvgIpc) is 2.43. The van der Waals surface area contributed by atoms with Gasteiger partial charge < -0.3 is 13.3 Å². The number of aliphatic imine (C=N–C) groups is 1. The molecule has 0 aromatic carbocycles. The highest BCUT2D eigenvalue weighted by molar-refractivity contribution is 6.64. The molecule has 0 fully saturated rings. The molecule has 7 heteroatoms. The summed E-state index contributed by atoms with van der Waals surface area (Å²) in [4.78, 5) is 15.8. The van der Waals surface area contributed by atoms with Crippen LogP contribution >= 0.6 is 0 Å². The summed E-state index contributed by atoms with van der Waals surface area (Å²) in [6.07, 6.45) is 3.92. The Kier molecular flexibility index (Phi) is 8.32. The third kappa shape index (κ3) is 3.72. The van der Waals surface area contributed by atoms with Crippen molar-refractivity contribution in [3.63, 3.8) is 0 Å². The molecule has 1 atom stereocenters. The van der Waals surface area contributed by atoms with Crippen LogP contribution in [0, 0.1) is 0 Å². The molecular formula is C12H26N2O4Si. The van der Waals surface area contributed by atoms with Gasteiger partial charge in [0, 0.05) is 21.3 Å². The van der Waals surface area contributed by atoms with Gasteiger partial charge in [0.2, 0.25) is 6.08 Å². The number of hydrogen-bond acceptors (Lipinski definition) is 6. The zero-order valence-electron chi connectivity index (χ0n) is 12.9. The predicted molar refractivity (Wildman–Crippen MR) is 75.7 cm³/mol. The predicted octanol–water partition coefficient (Wildman–Crippen LogP) is 1.23. The van der Waals surface area contributed by atoms with Crippen LogP contribution in [0.5, 0.6) is 0 Å². The molecule has 0 bridgehead atoms. The standard InChI is InChI=1S/C12H26N2O4Si/c1-7-12(14(2)3,9-8-10-13-11-15)19(16-4,17-5)18-6/h7-10H2,1-6H3. The van der Waals surface area contributed by atoms with E-state index < -0.39 is 8.80 Å². The minimum absolute atomic E-state index is 0.330. The van der Waals surface area contributed by atoms with Crippen LogP contribution < -0.4 is 0 Å². The maximum atomic E-state index is 10.1. The SMILES string of the molecule is CCC(CCCN=C=O)(N(C)C)[Si](OC)(OC)OC. The van der Waals surface area contributed by atoms with Crippen LogP contribution in [-0.4, -0.2) is 66.9 Å². The van der Waals surface area contributed by atoms with Gasteiger partial charge in [0.15, 0.2) is 0 Å². The Morgan fingerprint density at radius 2 is 1.74 bits per heavy atom. The maximum absolute atomic E-state index is 10.1. The lowest BCUT2D eigenvalue weighted by molar-refractivity contribution is 0.0378. The van der Waals surface area contributed by atoms with E-state index in [1.165, 1.54) is 0 Å². The fraction of sp³-hybridized carbons (Fsp3) is 0.917. The zero-order valence-corrected chi connectivity index (χ0v) is 13.9. The van der Waals surface area contributed by atoms with Gasteiger partial charge in [-0.1, -0.05) is 6.92 Å². The molecule has 19 heavy (non-hydrogen) atoms. The van der Waals surface area contributed by atoms with Crippen LogP contribution in [0.15, 0.2) is 4.99 Å². The second-order valence-electron chi connectivity index (χ2n) is 4.52. The Bertz CT molecular complexity index is 296. The van der Waals surface area contributed by atoms with Crippen LogP contribution in [0.1, 0.15) is 26.2 Å². The molecule has 0 amide bonds. The summed E-state index contributed by atoms with van der Waals surface area (Å²) in [5.41, 5.74) is 0. The molecular weight excluding hydrogens is 264 g/mol. The Balaban J connectivity index is 5.29. The van der Waals surface area contributed by atoms with Crippen molar-refractivity contribution in [2.24, 2.45) is 4.99 Å². The fourth-order valence-corrected chi connectivity index (χ4v) is 5.78. The first-order valence-corrected chi connectivity index (χ1v) is 8.09. The van der Waals surface area contributed by atoms with Gasteiger partial charge in [-0.25, -0.2) is 9.79 Å². The van der Waals surface area contributed by atoms with E-state index in [-0.39, 0.29) is 5.16 Å². The van der Waals surface area contributed by atoms with E-state index in [9.17, 15) is 4.79 Å². The minimum Gasteiger partial charge on any atom is -0.376 e. The molecule has 0 N–H and O–H groups in total. The highest BCUT2D eigenvalue weighted by atomic mass is 28.4. The van der Waals surface area contributed by atoms with Gasteiger partial charge >= 0.3 is 8.80 Å². The van der Waals surface area contributed by atoms with Gasteiger partial charge in [-0.05, 0) is 33.4 Å². The van der Waals surface area contributed by atoms with E-state index in [1.54, 1.807) is 27.4 Å². The normalized spacial score (nSPS) is 15.1. The molecule has 112 valence electrons. The molecule has 0 aromatic heterocycles. The van der Waals surface area contributed by atoms with Gasteiger partial charge in [0.05, 0.1) is 11.7 Å². The first kappa shape index (κ1) is 18.4. The van der Waals surface area contributed by atoms with E-state index >= 15 is 0 Å². The molecule has 0 aliphatic rings. The molecule has 0 aliphatic carbocycles. The Labute approximate surface area is 117 Å². The molecule has 0 spiro atoms. The quantitative estimate of drug-likeness (QED) is 0.262. The van der Waals surface area contributed by atoms with E-state index in [1.807, 2.05) is 14.1 Å². The van der Waals surface area contributed by atoms with Gasteiger partial charge in [0.1, 0.15) is 0 Å². The van der Waals surface area contributed by atoms with Crippen LogP contribution in [0.2, 0.25) is 0 Å². The molecule has 0 aliphatic heterocycles. The topological polar surface area (TPSA) is 60.4 Å². The number of carbonyl (C=O) groups excluding carboxylic acids is 1. The summed E-state index contributed by atoms with van der Waals surface area (Å²) in [6, 6.07) is 0. The molecule has 0 saturated carbocycles. The van der Waals surface area contributed by atoms with E-state index in [0.717, 1.165) is 19.3 Å². The minimum atomic E-state index is -2.83. The number of isocyanates is 1. The van der Waals surface area contributed by atoms with Crippen molar-refractivity contribution in [1.29, 1.82) is 0 Å². The van der Waals surface area contributed by atoms with Gasteiger partial charge in [-0.15, -0.1) is 0 Å². The summed E-state index contributed by atoms with van der Waals surface area (Å²) in [6.45, 7) is 2.54. The summed E-state index contributed by atoms with van der Waals surface area (Å²) < 4.78 is 17.0. The maximum Gasteiger partial charge on any atom is 0.521 e. The summed E-state index contributed by atoms with van der Waals surface area (Å²) in [5.74, 6) is 0. The molecule has 0 aromatic rings. The van der Waals surface area contributed by atoms with Crippen molar-refractivity contribution >= 4 is 14.9 Å². The van der Waals surface area contributed by atoms with Crippen molar-refractivity contribution in [3.05, 3.63) is 0 Å². The van der Waals surface area contributed by atoms with Gasteiger partial charge in [-0.2, -0.15) is 0 Å². The lowest BCUT2D eigenvalue weighted by Gasteiger charge is -2.47. The molecule has 6 nitrogen and oxygen atoms in total. The van der Waals surface area contributed by atoms with Crippen LogP contribution in [0.3, 0.4) is 0 Å². The monoisotopic (exact) mass is 290 g/mol. The molecule has 0 radical (unpaired) electrons. The largest absolute Gasteiger partial charge is 0.521 e. The van der Waals surface area contributed by atoms with Crippen molar-refractivity contribution in [3.8, 4) is 0 Å².